The molecule has 0 unspecified atom stereocenters. The maximum absolute atomic E-state index is 12.5. The minimum atomic E-state index is -3.85. The lowest BCUT2D eigenvalue weighted by atomic mass is 10.2. The number of carbonyl (C=O) groups is 1. The summed E-state index contributed by atoms with van der Waals surface area (Å²) in [6.07, 6.45) is 0. The highest BCUT2D eigenvalue weighted by molar-refractivity contribution is 7.92. The van der Waals surface area contributed by atoms with Crippen molar-refractivity contribution >= 4 is 38.9 Å². The number of hydrogen-bond acceptors (Lipinski definition) is 5. The topological polar surface area (TPSA) is 108 Å². The number of ether oxygens (including phenoxy) is 1. The Balaban J connectivity index is 1.68. The van der Waals surface area contributed by atoms with Crippen molar-refractivity contribution in [3.05, 3.63) is 83.4 Å². The first-order chi connectivity index (χ1) is 14.4. The van der Waals surface area contributed by atoms with E-state index < -0.39 is 15.9 Å². The van der Waals surface area contributed by atoms with E-state index in [0.717, 1.165) is 0 Å². The van der Waals surface area contributed by atoms with Crippen LogP contribution in [0.15, 0.2) is 77.7 Å². The summed E-state index contributed by atoms with van der Waals surface area (Å²) in [7, 11) is -3.85. The molecule has 0 aliphatic rings. The zero-order valence-corrected chi connectivity index (χ0v) is 17.1. The number of anilines is 2. The number of hydrogen-bond donors (Lipinski definition) is 2. The third kappa shape index (κ3) is 5.29. The Labute approximate surface area is 178 Å². The van der Waals surface area contributed by atoms with Gasteiger partial charge < -0.3 is 10.1 Å². The van der Waals surface area contributed by atoms with Gasteiger partial charge in [-0.1, -0.05) is 23.7 Å². The highest BCUT2D eigenvalue weighted by Gasteiger charge is 2.16. The van der Waals surface area contributed by atoms with E-state index in [0.29, 0.717) is 11.4 Å². The largest absolute Gasteiger partial charge is 0.479 e. The quantitative estimate of drug-likeness (QED) is 0.568. The van der Waals surface area contributed by atoms with Crippen molar-refractivity contribution in [1.82, 2.24) is 0 Å². The molecule has 3 rings (SSSR count). The standard InChI is InChI=1S/C21H16ClN3O4S/c22-19-3-1-2-4-20(19)25-30(27,28)18-11-5-15(6-12-18)21(26)24-16-7-9-17(10-8-16)29-14-13-23/h1-12,25H,14H2,(H,24,26). The van der Waals surface area contributed by atoms with Crippen LogP contribution in [-0.4, -0.2) is 20.9 Å². The second kappa shape index (κ2) is 9.31. The Kier molecular flexibility index (Phi) is 6.57. The SMILES string of the molecule is N#CCOc1ccc(NC(=O)c2ccc(S(=O)(=O)Nc3ccccc3Cl)cc2)cc1. The molecule has 0 aromatic heterocycles. The average Bonchev–Trinajstić information content (AvgIpc) is 2.75. The highest BCUT2D eigenvalue weighted by Crippen LogP contribution is 2.24. The first kappa shape index (κ1) is 21.2. The lowest BCUT2D eigenvalue weighted by molar-refractivity contribution is 0.102. The van der Waals surface area contributed by atoms with Gasteiger partial charge in [-0.2, -0.15) is 5.26 Å². The van der Waals surface area contributed by atoms with Gasteiger partial charge in [-0.05, 0) is 60.7 Å². The van der Waals surface area contributed by atoms with Crippen molar-refractivity contribution in [1.29, 1.82) is 5.26 Å². The normalized spacial score (nSPS) is 10.7. The first-order valence-corrected chi connectivity index (χ1v) is 10.5. The summed E-state index contributed by atoms with van der Waals surface area (Å²) in [6, 6.07) is 20.4. The van der Waals surface area contributed by atoms with E-state index in [-0.39, 0.29) is 27.8 Å². The highest BCUT2D eigenvalue weighted by atomic mass is 35.5. The zero-order chi connectivity index (χ0) is 21.6. The van der Waals surface area contributed by atoms with E-state index in [2.05, 4.69) is 10.0 Å². The van der Waals surface area contributed by atoms with E-state index in [9.17, 15) is 13.2 Å². The van der Waals surface area contributed by atoms with Crippen LogP contribution in [0.25, 0.3) is 0 Å². The number of amides is 1. The molecule has 0 fully saturated rings. The molecule has 2 N–H and O–H groups in total. The number of nitrogens with zero attached hydrogens (tertiary/aromatic N) is 1. The van der Waals surface area contributed by atoms with Crippen LogP contribution in [-0.2, 0) is 10.0 Å². The summed E-state index contributed by atoms with van der Waals surface area (Å²) < 4.78 is 32.6. The molecule has 0 bridgehead atoms. The molecule has 0 spiro atoms. The molecule has 3 aromatic rings. The van der Waals surface area contributed by atoms with Crippen molar-refractivity contribution in [2.75, 3.05) is 16.6 Å². The Hall–Kier alpha value is -3.54. The minimum absolute atomic E-state index is 0.00188. The van der Waals surface area contributed by atoms with E-state index in [1.165, 1.54) is 24.3 Å². The Morgan fingerprint density at radius 3 is 2.30 bits per heavy atom. The monoisotopic (exact) mass is 441 g/mol. The molecule has 30 heavy (non-hydrogen) atoms. The lowest BCUT2D eigenvalue weighted by Crippen LogP contribution is -2.15. The molecular weight excluding hydrogens is 426 g/mol. The third-order valence-corrected chi connectivity index (χ3v) is 5.67. The average molecular weight is 442 g/mol. The Morgan fingerprint density at radius 1 is 1.00 bits per heavy atom. The molecular formula is C21H16ClN3O4S. The Bertz CT molecular complexity index is 1190. The fraction of sp³-hybridized carbons (Fsp3) is 0.0476. The number of nitrogens with one attached hydrogen (secondary N) is 2. The van der Waals surface area contributed by atoms with Crippen molar-refractivity contribution in [2.45, 2.75) is 4.90 Å². The van der Waals surface area contributed by atoms with E-state index in [1.807, 2.05) is 6.07 Å². The molecule has 1 amide bonds. The van der Waals surface area contributed by atoms with Gasteiger partial charge in [-0.3, -0.25) is 9.52 Å². The molecule has 0 saturated heterocycles. The predicted molar refractivity (Wildman–Crippen MR) is 114 cm³/mol. The van der Waals surface area contributed by atoms with Crippen LogP contribution in [0.1, 0.15) is 10.4 Å². The zero-order valence-electron chi connectivity index (χ0n) is 15.5. The van der Waals surface area contributed by atoms with Crippen molar-refractivity contribution in [3.8, 4) is 11.8 Å². The molecule has 0 atom stereocenters. The van der Waals surface area contributed by atoms with E-state index in [4.69, 9.17) is 21.6 Å². The lowest BCUT2D eigenvalue weighted by Gasteiger charge is -2.10. The number of para-hydroxylation sites is 1. The second-order valence-corrected chi connectivity index (χ2v) is 8.12. The molecule has 9 heteroatoms. The number of benzene rings is 3. The smallest absolute Gasteiger partial charge is 0.261 e. The van der Waals surface area contributed by atoms with Gasteiger partial charge in [-0.25, -0.2) is 8.42 Å². The van der Waals surface area contributed by atoms with Crippen LogP contribution < -0.4 is 14.8 Å². The molecule has 0 aliphatic heterocycles. The summed E-state index contributed by atoms with van der Waals surface area (Å²) in [4.78, 5) is 12.4. The number of carbonyl (C=O) groups excluding carboxylic acids is 1. The Morgan fingerprint density at radius 2 is 1.67 bits per heavy atom. The molecule has 152 valence electrons. The van der Waals surface area contributed by atoms with Crippen LogP contribution in [0.3, 0.4) is 0 Å². The van der Waals surface area contributed by atoms with Gasteiger partial charge in [-0.15, -0.1) is 0 Å². The van der Waals surface area contributed by atoms with Crippen LogP contribution in [0.5, 0.6) is 5.75 Å². The van der Waals surface area contributed by atoms with Crippen LogP contribution in [0, 0.1) is 11.3 Å². The number of nitriles is 1. The molecule has 0 aliphatic carbocycles. The summed E-state index contributed by atoms with van der Waals surface area (Å²) in [5.74, 6) is 0.110. The molecule has 7 nitrogen and oxygen atoms in total. The number of sulfonamides is 1. The second-order valence-electron chi connectivity index (χ2n) is 6.04. The summed E-state index contributed by atoms with van der Waals surface area (Å²) >= 11 is 5.99. The van der Waals surface area contributed by atoms with Gasteiger partial charge in [0.25, 0.3) is 15.9 Å². The fourth-order valence-corrected chi connectivity index (χ4v) is 3.81. The molecule has 0 heterocycles. The fourth-order valence-electron chi connectivity index (χ4n) is 2.49. The molecule has 3 aromatic carbocycles. The minimum Gasteiger partial charge on any atom is -0.479 e. The number of rotatable bonds is 7. The van der Waals surface area contributed by atoms with Crippen molar-refractivity contribution in [2.24, 2.45) is 0 Å². The summed E-state index contributed by atoms with van der Waals surface area (Å²) in [5.41, 5.74) is 1.08. The third-order valence-electron chi connectivity index (χ3n) is 3.96. The van der Waals surface area contributed by atoms with Crippen molar-refractivity contribution in [3.63, 3.8) is 0 Å². The van der Waals surface area contributed by atoms with Crippen LogP contribution in [0.4, 0.5) is 11.4 Å². The molecule has 0 radical (unpaired) electrons. The van der Waals surface area contributed by atoms with E-state index in [1.54, 1.807) is 48.5 Å². The van der Waals surface area contributed by atoms with Gasteiger partial charge in [0.05, 0.1) is 15.6 Å². The maximum atomic E-state index is 12.5. The van der Waals surface area contributed by atoms with Crippen LogP contribution in [0.2, 0.25) is 5.02 Å². The number of halogens is 1. The maximum Gasteiger partial charge on any atom is 0.261 e. The molecule has 0 saturated carbocycles. The summed E-state index contributed by atoms with van der Waals surface area (Å²) in [6.45, 7) is -0.0632. The summed E-state index contributed by atoms with van der Waals surface area (Å²) in [5, 5.41) is 11.5. The predicted octanol–water partition coefficient (Wildman–Crippen LogP) is 4.30. The van der Waals surface area contributed by atoms with Crippen LogP contribution >= 0.6 is 11.6 Å². The van der Waals surface area contributed by atoms with Gasteiger partial charge in [0.2, 0.25) is 0 Å². The van der Waals surface area contributed by atoms with Crippen molar-refractivity contribution < 1.29 is 17.9 Å². The first-order valence-electron chi connectivity index (χ1n) is 8.67. The van der Waals surface area contributed by atoms with E-state index >= 15 is 0 Å². The van der Waals surface area contributed by atoms with Gasteiger partial charge in [0, 0.05) is 11.3 Å². The van der Waals surface area contributed by atoms with Gasteiger partial charge in [0.1, 0.15) is 11.8 Å². The van der Waals surface area contributed by atoms with Gasteiger partial charge >= 0.3 is 0 Å². The van der Waals surface area contributed by atoms with Gasteiger partial charge in [0.15, 0.2) is 6.61 Å².